The van der Waals surface area contributed by atoms with Crippen molar-refractivity contribution in [1.29, 1.82) is 0 Å². The lowest BCUT2D eigenvalue weighted by Crippen LogP contribution is -2.41. The second-order valence-corrected chi connectivity index (χ2v) is 9.06. The van der Waals surface area contributed by atoms with E-state index in [1.807, 2.05) is 0 Å². The average molecular weight is 543 g/mol. The van der Waals surface area contributed by atoms with Crippen molar-refractivity contribution in [2.75, 3.05) is 7.11 Å². The van der Waals surface area contributed by atoms with Crippen LogP contribution in [0.5, 0.6) is 11.5 Å². The van der Waals surface area contributed by atoms with Crippen LogP contribution in [0.1, 0.15) is 49.1 Å². The Hall–Kier alpha value is -3.92. The van der Waals surface area contributed by atoms with Crippen LogP contribution in [0.4, 0.5) is 8.78 Å². The lowest BCUT2D eigenvalue weighted by Gasteiger charge is -2.28. The first-order chi connectivity index (χ1) is 18.0. The molecule has 0 aliphatic rings. The first-order valence-corrected chi connectivity index (χ1v) is 12.2. The van der Waals surface area contributed by atoms with Crippen LogP contribution in [0.15, 0.2) is 54.7 Å². The van der Waals surface area contributed by atoms with Crippen LogP contribution >= 0.6 is 12.2 Å². The fraction of sp³-hybridized carbons (Fsp3) is 0.286. The fourth-order valence-corrected chi connectivity index (χ4v) is 4.36. The van der Waals surface area contributed by atoms with Crippen molar-refractivity contribution in [3.8, 4) is 11.5 Å². The number of nitrogens with zero attached hydrogens (tertiary/aromatic N) is 1. The number of benzene rings is 2. The van der Waals surface area contributed by atoms with Crippen molar-refractivity contribution in [3.63, 3.8) is 0 Å². The molecule has 0 radical (unpaired) electrons. The highest BCUT2D eigenvalue weighted by Gasteiger charge is 2.29. The van der Waals surface area contributed by atoms with Crippen molar-refractivity contribution < 1.29 is 32.6 Å². The molecule has 200 valence electrons. The maximum absolute atomic E-state index is 13.8. The molecule has 0 unspecified atom stereocenters. The molecule has 0 spiro atoms. The van der Waals surface area contributed by atoms with Crippen LogP contribution in [0.2, 0.25) is 0 Å². The van der Waals surface area contributed by atoms with Crippen LogP contribution in [0, 0.1) is 18.6 Å². The van der Waals surface area contributed by atoms with Gasteiger partial charge in [0, 0.05) is 25.1 Å². The van der Waals surface area contributed by atoms with E-state index in [-0.39, 0.29) is 28.0 Å². The molecular formula is C28H28F2N2O5S. The summed E-state index contributed by atoms with van der Waals surface area (Å²) in [6.45, 7) is 6.26. The predicted molar refractivity (Wildman–Crippen MR) is 141 cm³/mol. The highest BCUT2D eigenvalue weighted by atomic mass is 32.1. The van der Waals surface area contributed by atoms with Gasteiger partial charge >= 0.3 is 11.9 Å². The number of aromatic nitrogens is 1. The van der Waals surface area contributed by atoms with E-state index in [1.54, 1.807) is 39.0 Å². The van der Waals surface area contributed by atoms with E-state index in [4.69, 9.17) is 26.4 Å². The van der Waals surface area contributed by atoms with E-state index in [2.05, 4.69) is 10.3 Å². The van der Waals surface area contributed by atoms with E-state index in [1.165, 1.54) is 50.6 Å². The van der Waals surface area contributed by atoms with Gasteiger partial charge in [-0.3, -0.25) is 4.79 Å². The summed E-state index contributed by atoms with van der Waals surface area (Å²) in [5.74, 6) is -2.23. The van der Waals surface area contributed by atoms with Gasteiger partial charge in [0.05, 0.1) is 7.11 Å². The Balaban J connectivity index is 1.82. The van der Waals surface area contributed by atoms with Gasteiger partial charge in [-0.05, 0) is 61.7 Å². The van der Waals surface area contributed by atoms with Gasteiger partial charge in [0.1, 0.15) is 34.5 Å². The lowest BCUT2D eigenvalue weighted by atomic mass is 9.84. The average Bonchev–Trinajstić information content (AvgIpc) is 2.86. The quantitative estimate of drug-likeness (QED) is 0.298. The number of carbonyl (C=O) groups is 2. The number of ether oxygens (including phenoxy) is 3. The Bertz CT molecular complexity index is 1330. The standard InChI is InChI=1S/C28H28F2N2O5S/c1-15-14-21(30)10-11-22(15)24(19-6-8-20(29)9-7-19)17(3)36-28(34)16(2)32-27(38)25-26(37-18(4)33)23(35-5)12-13-31-25/h6-14,16-17,24H,1-5H3,(H,32,38)/t16-,17-,24-/m0/s1. The van der Waals surface area contributed by atoms with Crippen LogP contribution in [-0.4, -0.2) is 41.2 Å². The predicted octanol–water partition coefficient (Wildman–Crippen LogP) is 5.02. The van der Waals surface area contributed by atoms with Crippen molar-refractivity contribution in [2.45, 2.75) is 45.8 Å². The summed E-state index contributed by atoms with van der Waals surface area (Å²) in [6, 6.07) is 10.8. The molecule has 0 saturated carbocycles. The maximum Gasteiger partial charge on any atom is 0.328 e. The minimum atomic E-state index is -0.911. The molecule has 1 heterocycles. The van der Waals surface area contributed by atoms with Crippen LogP contribution in [-0.2, 0) is 14.3 Å². The molecule has 1 aromatic heterocycles. The number of carbonyl (C=O) groups excluding carboxylic acids is 2. The largest absolute Gasteiger partial charge is 0.493 e. The Morgan fingerprint density at radius 1 is 1.03 bits per heavy atom. The number of esters is 2. The van der Waals surface area contributed by atoms with Gasteiger partial charge in [-0.15, -0.1) is 0 Å². The third kappa shape index (κ3) is 6.89. The zero-order chi connectivity index (χ0) is 28.0. The number of thiocarbonyl (C=S) groups is 1. The first kappa shape index (κ1) is 28.6. The molecule has 38 heavy (non-hydrogen) atoms. The summed E-state index contributed by atoms with van der Waals surface area (Å²) in [5, 5.41) is 2.86. The van der Waals surface area contributed by atoms with Crippen LogP contribution in [0.3, 0.4) is 0 Å². The normalized spacial score (nSPS) is 13.1. The molecule has 0 bridgehead atoms. The molecule has 3 aromatic rings. The summed E-state index contributed by atoms with van der Waals surface area (Å²) in [4.78, 5) is 28.9. The van der Waals surface area contributed by atoms with Gasteiger partial charge < -0.3 is 19.5 Å². The summed E-state index contributed by atoms with van der Waals surface area (Å²) >= 11 is 5.42. The smallest absolute Gasteiger partial charge is 0.328 e. The topological polar surface area (TPSA) is 86.8 Å². The number of hydrogen-bond donors (Lipinski definition) is 1. The number of methoxy groups -OCH3 is 1. The molecule has 2 aromatic carbocycles. The van der Waals surface area contributed by atoms with Crippen molar-refractivity contribution >= 4 is 29.1 Å². The highest BCUT2D eigenvalue weighted by Crippen LogP contribution is 2.33. The molecule has 0 saturated heterocycles. The van der Waals surface area contributed by atoms with E-state index < -0.39 is 35.8 Å². The van der Waals surface area contributed by atoms with E-state index in [0.29, 0.717) is 11.1 Å². The minimum absolute atomic E-state index is 0.0251. The molecular weight excluding hydrogens is 514 g/mol. The molecule has 3 atom stereocenters. The van der Waals surface area contributed by atoms with Crippen molar-refractivity contribution in [1.82, 2.24) is 10.3 Å². The van der Waals surface area contributed by atoms with E-state index in [0.717, 1.165) is 5.56 Å². The molecule has 0 aliphatic heterocycles. The molecule has 10 heteroatoms. The van der Waals surface area contributed by atoms with Gasteiger partial charge in [-0.1, -0.05) is 30.4 Å². The van der Waals surface area contributed by atoms with Crippen LogP contribution < -0.4 is 14.8 Å². The van der Waals surface area contributed by atoms with Gasteiger partial charge in [-0.2, -0.15) is 0 Å². The zero-order valence-electron chi connectivity index (χ0n) is 21.6. The maximum atomic E-state index is 13.8. The van der Waals surface area contributed by atoms with E-state index >= 15 is 0 Å². The molecule has 7 nitrogen and oxygen atoms in total. The molecule has 3 rings (SSSR count). The fourth-order valence-electron chi connectivity index (χ4n) is 4.03. The number of hydrogen-bond acceptors (Lipinski definition) is 7. The lowest BCUT2D eigenvalue weighted by molar-refractivity contribution is -0.150. The highest BCUT2D eigenvalue weighted by molar-refractivity contribution is 7.80. The SMILES string of the molecule is COc1ccnc(C(=S)N[C@@H](C)C(=O)O[C@@H](C)[C@@H](c2ccc(F)cc2)c2ccc(F)cc2C)c1OC(C)=O. The Morgan fingerprint density at radius 3 is 2.29 bits per heavy atom. The summed E-state index contributed by atoms with van der Waals surface area (Å²) < 4.78 is 43.7. The van der Waals surface area contributed by atoms with Gasteiger partial charge in [0.2, 0.25) is 5.75 Å². The molecule has 0 fully saturated rings. The number of aryl methyl sites for hydroxylation is 1. The van der Waals surface area contributed by atoms with Gasteiger partial charge in [-0.25, -0.2) is 18.6 Å². The first-order valence-electron chi connectivity index (χ1n) is 11.8. The second kappa shape index (κ2) is 12.6. The number of pyridine rings is 1. The molecule has 0 aliphatic carbocycles. The molecule has 0 amide bonds. The zero-order valence-corrected chi connectivity index (χ0v) is 22.4. The van der Waals surface area contributed by atoms with Crippen molar-refractivity contribution in [2.24, 2.45) is 0 Å². The summed E-state index contributed by atoms with van der Waals surface area (Å²) in [6.07, 6.45) is 0.722. The summed E-state index contributed by atoms with van der Waals surface area (Å²) in [7, 11) is 1.41. The van der Waals surface area contributed by atoms with E-state index in [9.17, 15) is 18.4 Å². The number of halogens is 2. The van der Waals surface area contributed by atoms with Gasteiger partial charge in [0.25, 0.3) is 0 Å². The number of rotatable bonds is 9. The van der Waals surface area contributed by atoms with Gasteiger partial charge in [0.15, 0.2) is 5.75 Å². The van der Waals surface area contributed by atoms with Crippen LogP contribution in [0.25, 0.3) is 0 Å². The van der Waals surface area contributed by atoms with Crippen molar-refractivity contribution in [3.05, 3.63) is 88.7 Å². The molecule has 1 N–H and O–H groups in total. The Kier molecular flexibility index (Phi) is 9.46. The minimum Gasteiger partial charge on any atom is -0.493 e. The third-order valence-corrected chi connectivity index (χ3v) is 6.13. The Labute approximate surface area is 225 Å². The second-order valence-electron chi connectivity index (χ2n) is 8.65. The Morgan fingerprint density at radius 2 is 1.68 bits per heavy atom. The number of nitrogens with one attached hydrogen (secondary N) is 1. The third-order valence-electron chi connectivity index (χ3n) is 5.82. The monoisotopic (exact) mass is 542 g/mol. The summed E-state index contributed by atoms with van der Waals surface area (Å²) in [5.41, 5.74) is 2.22.